The molecule has 0 atom stereocenters. The number of anilines is 1. The van der Waals surface area contributed by atoms with Crippen LogP contribution >= 0.6 is 11.8 Å². The van der Waals surface area contributed by atoms with Crippen LogP contribution in [-0.4, -0.2) is 23.4 Å². The molecule has 0 unspecified atom stereocenters. The van der Waals surface area contributed by atoms with Crippen LogP contribution in [0.3, 0.4) is 0 Å². The molecule has 1 amide bonds. The van der Waals surface area contributed by atoms with E-state index in [1.807, 2.05) is 6.92 Å². The van der Waals surface area contributed by atoms with Crippen LogP contribution in [0.5, 0.6) is 11.5 Å². The van der Waals surface area contributed by atoms with E-state index >= 15 is 0 Å². The highest BCUT2D eigenvalue weighted by molar-refractivity contribution is 8.00. The quantitative estimate of drug-likeness (QED) is 0.669. The van der Waals surface area contributed by atoms with Gasteiger partial charge in [-0.05, 0) is 56.2 Å². The molecule has 0 saturated heterocycles. The summed E-state index contributed by atoms with van der Waals surface area (Å²) in [5.74, 6) is 1.56. The molecular formula is C21H20N2O3S. The van der Waals surface area contributed by atoms with Gasteiger partial charge in [-0.3, -0.25) is 4.79 Å². The van der Waals surface area contributed by atoms with Gasteiger partial charge < -0.3 is 14.8 Å². The lowest BCUT2D eigenvalue weighted by Crippen LogP contribution is -2.14. The van der Waals surface area contributed by atoms with Gasteiger partial charge in [0.1, 0.15) is 5.03 Å². The van der Waals surface area contributed by atoms with Gasteiger partial charge in [-0.1, -0.05) is 23.4 Å². The Morgan fingerprint density at radius 1 is 1.07 bits per heavy atom. The van der Waals surface area contributed by atoms with Crippen LogP contribution in [0.15, 0.2) is 41.4 Å². The maximum Gasteiger partial charge on any atom is 0.234 e. The summed E-state index contributed by atoms with van der Waals surface area (Å²) in [6, 6.07) is 11.8. The zero-order chi connectivity index (χ0) is 19.0. The topological polar surface area (TPSA) is 60.5 Å². The lowest BCUT2D eigenvalue weighted by Gasteiger charge is -2.10. The molecule has 1 N–H and O–H groups in total. The number of benzene rings is 2. The summed E-state index contributed by atoms with van der Waals surface area (Å²) in [6.07, 6.45) is 0. The second-order valence-corrected chi connectivity index (χ2v) is 7.63. The summed E-state index contributed by atoms with van der Waals surface area (Å²) in [5.41, 5.74) is 5.14. The van der Waals surface area contributed by atoms with E-state index in [0.29, 0.717) is 22.9 Å². The predicted molar refractivity (Wildman–Crippen MR) is 108 cm³/mol. The van der Waals surface area contributed by atoms with Crippen molar-refractivity contribution in [1.82, 2.24) is 4.98 Å². The Morgan fingerprint density at radius 3 is 2.74 bits per heavy atom. The molecular weight excluding hydrogens is 360 g/mol. The molecule has 1 aliphatic rings. The first-order chi connectivity index (χ1) is 13.0. The normalized spacial score (nSPS) is 12.4. The second kappa shape index (κ2) is 7.12. The van der Waals surface area contributed by atoms with E-state index in [9.17, 15) is 4.79 Å². The van der Waals surface area contributed by atoms with Crippen LogP contribution in [0, 0.1) is 20.8 Å². The molecule has 1 aromatic heterocycles. The van der Waals surface area contributed by atoms with Crippen LogP contribution in [0.2, 0.25) is 0 Å². The molecule has 0 fully saturated rings. The fourth-order valence-electron chi connectivity index (χ4n) is 3.19. The number of ether oxygens (including phenoxy) is 2. The minimum atomic E-state index is -0.0826. The molecule has 0 bridgehead atoms. The number of nitrogens with zero attached hydrogens (tertiary/aromatic N) is 1. The predicted octanol–water partition coefficient (Wildman–Crippen LogP) is 4.62. The van der Waals surface area contributed by atoms with E-state index < -0.39 is 0 Å². The number of hydrogen-bond acceptors (Lipinski definition) is 5. The van der Waals surface area contributed by atoms with Crippen molar-refractivity contribution in [3.05, 3.63) is 53.1 Å². The molecule has 5 nitrogen and oxygen atoms in total. The van der Waals surface area contributed by atoms with Gasteiger partial charge in [0.2, 0.25) is 12.7 Å². The first-order valence-corrected chi connectivity index (χ1v) is 9.69. The lowest BCUT2D eigenvalue weighted by molar-refractivity contribution is -0.113. The molecule has 27 heavy (non-hydrogen) atoms. The molecule has 0 saturated carbocycles. The highest BCUT2D eigenvalue weighted by Crippen LogP contribution is 2.34. The number of carbonyl (C=O) groups excluding carboxylic acids is 1. The molecule has 0 radical (unpaired) electrons. The van der Waals surface area contributed by atoms with Gasteiger partial charge in [-0.25, -0.2) is 4.98 Å². The number of aromatic nitrogens is 1. The van der Waals surface area contributed by atoms with Crippen molar-refractivity contribution in [1.29, 1.82) is 0 Å². The standard InChI is InChI=1S/C21H20N2O3S/c1-12-6-13(2)20-15(7-12)8-14(3)21(23-20)27-10-19(24)22-16-4-5-17-18(9-16)26-11-25-17/h4-9H,10-11H2,1-3H3,(H,22,24). The number of fused-ring (bicyclic) bond motifs is 2. The van der Waals surface area contributed by atoms with Crippen molar-refractivity contribution in [2.75, 3.05) is 17.9 Å². The fraction of sp³-hybridized carbons (Fsp3) is 0.238. The largest absolute Gasteiger partial charge is 0.454 e. The maximum atomic E-state index is 12.3. The Balaban J connectivity index is 1.46. The Kier molecular flexibility index (Phi) is 4.66. The molecule has 138 valence electrons. The molecule has 2 aromatic carbocycles. The summed E-state index contributed by atoms with van der Waals surface area (Å²) in [6.45, 7) is 6.40. The minimum absolute atomic E-state index is 0.0826. The van der Waals surface area contributed by atoms with Crippen molar-refractivity contribution < 1.29 is 14.3 Å². The van der Waals surface area contributed by atoms with E-state index in [2.05, 4.69) is 37.4 Å². The Labute approximate surface area is 162 Å². The average molecular weight is 380 g/mol. The zero-order valence-corrected chi connectivity index (χ0v) is 16.3. The minimum Gasteiger partial charge on any atom is -0.454 e. The van der Waals surface area contributed by atoms with Gasteiger partial charge in [-0.2, -0.15) is 0 Å². The molecule has 2 heterocycles. The molecule has 6 heteroatoms. The highest BCUT2D eigenvalue weighted by Gasteiger charge is 2.15. The summed E-state index contributed by atoms with van der Waals surface area (Å²) >= 11 is 1.45. The number of nitrogens with one attached hydrogen (secondary N) is 1. The molecule has 4 rings (SSSR count). The van der Waals surface area contributed by atoms with Crippen LogP contribution in [0.1, 0.15) is 16.7 Å². The number of aryl methyl sites for hydroxylation is 3. The van der Waals surface area contributed by atoms with Gasteiger partial charge in [0.05, 0.1) is 11.3 Å². The summed E-state index contributed by atoms with van der Waals surface area (Å²) in [4.78, 5) is 17.1. The van der Waals surface area contributed by atoms with E-state index in [4.69, 9.17) is 14.5 Å². The summed E-state index contributed by atoms with van der Waals surface area (Å²) in [7, 11) is 0. The fourth-order valence-corrected chi connectivity index (χ4v) is 3.97. The molecule has 1 aliphatic heterocycles. The van der Waals surface area contributed by atoms with Crippen molar-refractivity contribution in [2.24, 2.45) is 0 Å². The van der Waals surface area contributed by atoms with Crippen molar-refractivity contribution in [3.8, 4) is 11.5 Å². The number of amides is 1. The number of thioether (sulfide) groups is 1. The smallest absolute Gasteiger partial charge is 0.234 e. The number of rotatable bonds is 4. The third-order valence-electron chi connectivity index (χ3n) is 4.39. The van der Waals surface area contributed by atoms with Gasteiger partial charge in [0.25, 0.3) is 0 Å². The summed E-state index contributed by atoms with van der Waals surface area (Å²) < 4.78 is 10.6. The summed E-state index contributed by atoms with van der Waals surface area (Å²) in [5, 5.41) is 4.92. The van der Waals surface area contributed by atoms with Crippen LogP contribution < -0.4 is 14.8 Å². The van der Waals surface area contributed by atoms with E-state index in [1.54, 1.807) is 18.2 Å². The molecule has 3 aromatic rings. The third-order valence-corrected chi connectivity index (χ3v) is 5.49. The molecule has 0 spiro atoms. The van der Waals surface area contributed by atoms with Crippen LogP contribution in [0.25, 0.3) is 10.9 Å². The second-order valence-electron chi connectivity index (χ2n) is 6.67. The van der Waals surface area contributed by atoms with Crippen LogP contribution in [0.4, 0.5) is 5.69 Å². The Bertz CT molecular complexity index is 1050. The van der Waals surface area contributed by atoms with E-state index in [1.165, 1.54) is 17.3 Å². The van der Waals surface area contributed by atoms with Gasteiger partial charge >= 0.3 is 0 Å². The van der Waals surface area contributed by atoms with Crippen molar-refractivity contribution >= 4 is 34.3 Å². The third kappa shape index (κ3) is 3.71. The van der Waals surface area contributed by atoms with Gasteiger partial charge in [0.15, 0.2) is 11.5 Å². The number of pyridine rings is 1. The Morgan fingerprint density at radius 2 is 1.89 bits per heavy atom. The Hall–Kier alpha value is -2.73. The first-order valence-electron chi connectivity index (χ1n) is 8.70. The lowest BCUT2D eigenvalue weighted by atomic mass is 10.1. The van der Waals surface area contributed by atoms with E-state index in [-0.39, 0.29) is 12.7 Å². The monoisotopic (exact) mass is 380 g/mol. The van der Waals surface area contributed by atoms with Gasteiger partial charge in [-0.15, -0.1) is 0 Å². The SMILES string of the molecule is Cc1cc(C)c2nc(SCC(=O)Nc3ccc4c(c3)OCO4)c(C)cc2c1. The van der Waals surface area contributed by atoms with Gasteiger partial charge in [0, 0.05) is 17.1 Å². The number of carbonyl (C=O) groups is 1. The van der Waals surface area contributed by atoms with Crippen LogP contribution in [-0.2, 0) is 4.79 Å². The van der Waals surface area contributed by atoms with E-state index in [0.717, 1.165) is 27.1 Å². The number of hydrogen-bond donors (Lipinski definition) is 1. The molecule has 0 aliphatic carbocycles. The van der Waals surface area contributed by atoms with Crippen molar-refractivity contribution in [3.63, 3.8) is 0 Å². The average Bonchev–Trinajstić information content (AvgIpc) is 3.07. The zero-order valence-electron chi connectivity index (χ0n) is 15.5. The van der Waals surface area contributed by atoms with Crippen molar-refractivity contribution in [2.45, 2.75) is 25.8 Å². The highest BCUT2D eigenvalue weighted by atomic mass is 32.2. The first kappa shape index (κ1) is 17.7. The maximum absolute atomic E-state index is 12.3.